The van der Waals surface area contributed by atoms with E-state index in [4.69, 9.17) is 5.26 Å². The van der Waals surface area contributed by atoms with Crippen molar-refractivity contribution >= 4 is 12.2 Å². The van der Waals surface area contributed by atoms with E-state index in [1.165, 1.54) is 11.1 Å². The first-order chi connectivity index (χ1) is 11.3. The van der Waals surface area contributed by atoms with E-state index in [9.17, 15) is 0 Å². The SMILES string of the molecule is Cc1cc(C#N)ccc1C=Cc1ccc(-c2ccccc2)cc1. The van der Waals surface area contributed by atoms with Crippen LogP contribution in [0.1, 0.15) is 22.3 Å². The summed E-state index contributed by atoms with van der Waals surface area (Å²) < 4.78 is 0. The molecule has 1 heteroatoms. The van der Waals surface area contributed by atoms with Crippen molar-refractivity contribution in [2.24, 2.45) is 0 Å². The van der Waals surface area contributed by atoms with Crippen molar-refractivity contribution in [3.63, 3.8) is 0 Å². The van der Waals surface area contributed by atoms with Gasteiger partial charge < -0.3 is 0 Å². The number of hydrogen-bond donors (Lipinski definition) is 0. The molecule has 0 unspecified atom stereocenters. The van der Waals surface area contributed by atoms with E-state index in [1.807, 2.05) is 31.2 Å². The van der Waals surface area contributed by atoms with Crippen molar-refractivity contribution in [1.29, 1.82) is 5.26 Å². The van der Waals surface area contributed by atoms with Gasteiger partial charge >= 0.3 is 0 Å². The van der Waals surface area contributed by atoms with Gasteiger partial charge in [-0.25, -0.2) is 0 Å². The molecule has 0 radical (unpaired) electrons. The summed E-state index contributed by atoms with van der Waals surface area (Å²) in [4.78, 5) is 0. The fourth-order valence-electron chi connectivity index (χ4n) is 2.54. The average Bonchev–Trinajstić information content (AvgIpc) is 2.62. The molecule has 0 bridgehead atoms. The zero-order valence-corrected chi connectivity index (χ0v) is 13.0. The molecule has 0 aromatic heterocycles. The third-order valence-corrected chi connectivity index (χ3v) is 3.87. The van der Waals surface area contributed by atoms with Gasteiger partial charge in [-0.15, -0.1) is 0 Å². The quantitative estimate of drug-likeness (QED) is 0.568. The molecule has 0 atom stereocenters. The molecule has 110 valence electrons. The van der Waals surface area contributed by atoms with Crippen molar-refractivity contribution in [2.45, 2.75) is 6.92 Å². The van der Waals surface area contributed by atoms with E-state index in [0.717, 1.165) is 16.7 Å². The third-order valence-electron chi connectivity index (χ3n) is 3.87. The van der Waals surface area contributed by atoms with Gasteiger partial charge in [-0.2, -0.15) is 5.26 Å². The molecule has 0 aliphatic carbocycles. The lowest BCUT2D eigenvalue weighted by atomic mass is 10.0. The molecule has 1 nitrogen and oxygen atoms in total. The molecule has 0 saturated heterocycles. The molecular formula is C22H17N. The average molecular weight is 295 g/mol. The van der Waals surface area contributed by atoms with Crippen molar-refractivity contribution in [2.75, 3.05) is 0 Å². The Morgan fingerprint density at radius 3 is 2.13 bits per heavy atom. The molecule has 0 heterocycles. The molecule has 3 aromatic rings. The summed E-state index contributed by atoms with van der Waals surface area (Å²) >= 11 is 0. The highest BCUT2D eigenvalue weighted by atomic mass is 14.2. The summed E-state index contributed by atoms with van der Waals surface area (Å²) in [5, 5.41) is 8.91. The number of nitriles is 1. The Morgan fingerprint density at radius 1 is 0.783 bits per heavy atom. The molecule has 0 aliphatic rings. The van der Waals surface area contributed by atoms with Crippen LogP contribution >= 0.6 is 0 Å². The number of rotatable bonds is 3. The smallest absolute Gasteiger partial charge is 0.0991 e. The number of aryl methyl sites for hydroxylation is 1. The van der Waals surface area contributed by atoms with Gasteiger partial charge in [0.1, 0.15) is 0 Å². The molecular weight excluding hydrogens is 278 g/mol. The lowest BCUT2D eigenvalue weighted by Crippen LogP contribution is -1.83. The molecule has 0 spiro atoms. The monoisotopic (exact) mass is 295 g/mol. The second kappa shape index (κ2) is 6.77. The molecule has 3 aromatic carbocycles. The van der Waals surface area contributed by atoms with Crippen LogP contribution in [0.3, 0.4) is 0 Å². The van der Waals surface area contributed by atoms with Crippen molar-refractivity contribution in [3.05, 3.63) is 95.1 Å². The molecule has 0 saturated carbocycles. The highest BCUT2D eigenvalue weighted by molar-refractivity contribution is 5.73. The van der Waals surface area contributed by atoms with Gasteiger partial charge in [0.05, 0.1) is 11.6 Å². The molecule has 3 rings (SSSR count). The molecule has 0 fully saturated rings. The van der Waals surface area contributed by atoms with Crippen LogP contribution in [0.15, 0.2) is 72.8 Å². The van der Waals surface area contributed by atoms with Gasteiger partial charge in [0.2, 0.25) is 0 Å². The number of benzene rings is 3. The summed E-state index contributed by atoms with van der Waals surface area (Å²) in [6.07, 6.45) is 4.19. The van der Waals surface area contributed by atoms with Gasteiger partial charge in [-0.3, -0.25) is 0 Å². The summed E-state index contributed by atoms with van der Waals surface area (Å²) in [7, 11) is 0. The zero-order valence-electron chi connectivity index (χ0n) is 13.0. The Balaban J connectivity index is 1.80. The van der Waals surface area contributed by atoms with Crippen molar-refractivity contribution in [3.8, 4) is 17.2 Å². The largest absolute Gasteiger partial charge is 0.192 e. The van der Waals surface area contributed by atoms with E-state index >= 15 is 0 Å². The first kappa shape index (κ1) is 14.8. The maximum atomic E-state index is 8.91. The van der Waals surface area contributed by atoms with Gasteiger partial charge in [0.25, 0.3) is 0 Å². The van der Waals surface area contributed by atoms with E-state index in [-0.39, 0.29) is 0 Å². The van der Waals surface area contributed by atoms with Crippen molar-refractivity contribution in [1.82, 2.24) is 0 Å². The molecule has 0 amide bonds. The number of nitrogens with zero attached hydrogens (tertiary/aromatic N) is 1. The van der Waals surface area contributed by atoms with Gasteiger partial charge in [-0.1, -0.05) is 72.8 Å². The van der Waals surface area contributed by atoms with E-state index < -0.39 is 0 Å². The molecule has 0 aliphatic heterocycles. The maximum Gasteiger partial charge on any atom is 0.0991 e. The lowest BCUT2D eigenvalue weighted by molar-refractivity contribution is 1.40. The minimum Gasteiger partial charge on any atom is -0.192 e. The van der Waals surface area contributed by atoms with Crippen LogP contribution in [-0.2, 0) is 0 Å². The van der Waals surface area contributed by atoms with E-state index in [1.54, 1.807) is 0 Å². The van der Waals surface area contributed by atoms with Crippen LogP contribution in [-0.4, -0.2) is 0 Å². The van der Waals surface area contributed by atoms with Crippen LogP contribution < -0.4 is 0 Å². The number of hydrogen-bond acceptors (Lipinski definition) is 1. The van der Waals surface area contributed by atoms with E-state index in [0.29, 0.717) is 5.56 Å². The highest BCUT2D eigenvalue weighted by Crippen LogP contribution is 2.20. The maximum absolute atomic E-state index is 8.91. The summed E-state index contributed by atoms with van der Waals surface area (Å²) in [6, 6.07) is 26.8. The normalized spacial score (nSPS) is 10.6. The Bertz CT molecular complexity index is 866. The topological polar surface area (TPSA) is 23.8 Å². The minimum atomic E-state index is 0.701. The Hall–Kier alpha value is -3.11. The van der Waals surface area contributed by atoms with Crippen LogP contribution in [0, 0.1) is 18.3 Å². The minimum absolute atomic E-state index is 0.701. The second-order valence-corrected chi connectivity index (χ2v) is 5.50. The second-order valence-electron chi connectivity index (χ2n) is 5.50. The third kappa shape index (κ3) is 3.56. The predicted octanol–water partition coefficient (Wildman–Crippen LogP) is 5.70. The Labute approximate surface area is 137 Å². The van der Waals surface area contributed by atoms with Gasteiger partial charge in [-0.05, 0) is 46.9 Å². The summed E-state index contributed by atoms with van der Waals surface area (Å²) in [5.41, 5.74) is 6.56. The van der Waals surface area contributed by atoms with Gasteiger partial charge in [0.15, 0.2) is 0 Å². The van der Waals surface area contributed by atoms with Crippen LogP contribution in [0.5, 0.6) is 0 Å². The van der Waals surface area contributed by atoms with Crippen LogP contribution in [0.2, 0.25) is 0 Å². The van der Waals surface area contributed by atoms with E-state index in [2.05, 4.69) is 66.8 Å². The zero-order chi connectivity index (χ0) is 16.1. The molecule has 0 N–H and O–H groups in total. The van der Waals surface area contributed by atoms with Gasteiger partial charge in [0, 0.05) is 0 Å². The first-order valence-electron chi connectivity index (χ1n) is 7.60. The fraction of sp³-hybridized carbons (Fsp3) is 0.0455. The summed E-state index contributed by atoms with van der Waals surface area (Å²) in [5.74, 6) is 0. The van der Waals surface area contributed by atoms with Crippen LogP contribution in [0.4, 0.5) is 0 Å². The standard InChI is InChI=1S/C22H17N/c1-17-15-19(16-23)10-12-20(17)11-7-18-8-13-22(14-9-18)21-5-3-2-4-6-21/h2-15H,1H3. The highest BCUT2D eigenvalue weighted by Gasteiger charge is 1.98. The Morgan fingerprint density at radius 2 is 1.48 bits per heavy atom. The van der Waals surface area contributed by atoms with Crippen molar-refractivity contribution < 1.29 is 0 Å². The fourth-order valence-corrected chi connectivity index (χ4v) is 2.54. The van der Waals surface area contributed by atoms with Crippen LogP contribution in [0.25, 0.3) is 23.3 Å². The first-order valence-corrected chi connectivity index (χ1v) is 7.60. The predicted molar refractivity (Wildman–Crippen MR) is 96.7 cm³/mol. The molecule has 23 heavy (non-hydrogen) atoms. The summed E-state index contributed by atoms with van der Waals surface area (Å²) in [6.45, 7) is 2.03. The Kier molecular flexibility index (Phi) is 4.36. The lowest BCUT2D eigenvalue weighted by Gasteiger charge is -2.03.